The molecule has 0 N–H and O–H groups in total. The van der Waals surface area contributed by atoms with Gasteiger partial charge in [-0.05, 0) is 44.5 Å². The maximum Gasteiger partial charge on any atom is 0.254 e. The van der Waals surface area contributed by atoms with Crippen LogP contribution in [0.4, 0.5) is 0 Å². The second-order valence-corrected chi connectivity index (χ2v) is 5.85. The zero-order valence-corrected chi connectivity index (χ0v) is 13.3. The first-order chi connectivity index (χ1) is 8.06. The van der Waals surface area contributed by atoms with Crippen molar-refractivity contribution >= 4 is 37.8 Å². The van der Waals surface area contributed by atoms with Gasteiger partial charge in [0.15, 0.2) is 0 Å². The lowest BCUT2D eigenvalue weighted by molar-refractivity contribution is 0.0706. The maximum atomic E-state index is 12.3. The summed E-state index contributed by atoms with van der Waals surface area (Å²) in [5, 5.41) is 0.920. The molecule has 0 bridgehead atoms. The van der Waals surface area contributed by atoms with Gasteiger partial charge in [0.1, 0.15) is 0 Å². The smallest absolute Gasteiger partial charge is 0.254 e. The van der Waals surface area contributed by atoms with Crippen molar-refractivity contribution < 1.29 is 4.79 Å². The summed E-state index contributed by atoms with van der Waals surface area (Å²) in [5.74, 6) is 0.105. The predicted octanol–water partition coefficient (Wildman–Crippen LogP) is 4.08. The number of hydrogen-bond donors (Lipinski definition) is 0. The monoisotopic (exact) mass is 361 g/mol. The molecule has 0 aliphatic heterocycles. The largest absolute Gasteiger partial charge is 0.336 e. The van der Waals surface area contributed by atoms with Crippen molar-refractivity contribution in [2.75, 3.05) is 11.9 Å². The molecule has 94 valence electrons. The molecular weight excluding hydrogens is 346 g/mol. The van der Waals surface area contributed by atoms with Gasteiger partial charge in [-0.2, -0.15) is 0 Å². The summed E-state index contributed by atoms with van der Waals surface area (Å²) >= 11 is 6.77. The van der Waals surface area contributed by atoms with E-state index in [1.165, 1.54) is 0 Å². The topological polar surface area (TPSA) is 20.3 Å². The summed E-state index contributed by atoms with van der Waals surface area (Å²) in [6.45, 7) is 4.88. The molecule has 0 radical (unpaired) electrons. The van der Waals surface area contributed by atoms with E-state index in [0.717, 1.165) is 28.3 Å². The molecule has 0 unspecified atom stereocenters. The SMILES string of the molecule is CC(C)N(CCCBr)C(=O)c1ccc(Br)cc1. The molecule has 0 aromatic heterocycles. The summed E-state index contributed by atoms with van der Waals surface area (Å²) in [6, 6.07) is 7.74. The van der Waals surface area contributed by atoms with E-state index < -0.39 is 0 Å². The predicted molar refractivity (Wildman–Crippen MR) is 78.7 cm³/mol. The highest BCUT2D eigenvalue weighted by Gasteiger charge is 2.17. The highest BCUT2D eigenvalue weighted by molar-refractivity contribution is 9.10. The highest BCUT2D eigenvalue weighted by Crippen LogP contribution is 2.14. The van der Waals surface area contributed by atoms with Gasteiger partial charge in [0, 0.05) is 28.0 Å². The number of amides is 1. The molecule has 0 aliphatic rings. The Hall–Kier alpha value is -0.350. The average molecular weight is 363 g/mol. The van der Waals surface area contributed by atoms with Gasteiger partial charge >= 0.3 is 0 Å². The normalized spacial score (nSPS) is 10.6. The van der Waals surface area contributed by atoms with Crippen LogP contribution < -0.4 is 0 Å². The molecule has 2 nitrogen and oxygen atoms in total. The Kier molecular flexibility index (Phi) is 6.20. The van der Waals surface area contributed by atoms with Crippen LogP contribution in [0.25, 0.3) is 0 Å². The van der Waals surface area contributed by atoms with Gasteiger partial charge in [0.05, 0.1) is 0 Å². The first-order valence-electron chi connectivity index (χ1n) is 5.68. The molecule has 0 heterocycles. The molecule has 4 heteroatoms. The maximum absolute atomic E-state index is 12.3. The van der Waals surface area contributed by atoms with Crippen LogP contribution in [-0.4, -0.2) is 28.7 Å². The van der Waals surface area contributed by atoms with E-state index >= 15 is 0 Å². The first kappa shape index (κ1) is 14.7. The summed E-state index contributed by atoms with van der Waals surface area (Å²) < 4.78 is 0.991. The quantitative estimate of drug-likeness (QED) is 0.722. The lowest BCUT2D eigenvalue weighted by atomic mass is 10.1. The van der Waals surface area contributed by atoms with E-state index in [0.29, 0.717) is 0 Å². The van der Waals surface area contributed by atoms with E-state index in [-0.39, 0.29) is 11.9 Å². The number of benzene rings is 1. The van der Waals surface area contributed by atoms with Crippen molar-refractivity contribution in [1.82, 2.24) is 4.90 Å². The number of carbonyl (C=O) groups excluding carboxylic acids is 1. The van der Waals surface area contributed by atoms with Crippen LogP contribution in [0.2, 0.25) is 0 Å². The Balaban J connectivity index is 2.80. The van der Waals surface area contributed by atoms with Gasteiger partial charge in [-0.3, -0.25) is 4.79 Å². The van der Waals surface area contributed by atoms with Crippen molar-refractivity contribution in [3.8, 4) is 0 Å². The molecule has 1 aromatic rings. The van der Waals surface area contributed by atoms with Crippen LogP contribution in [0.15, 0.2) is 28.7 Å². The summed E-state index contributed by atoms with van der Waals surface area (Å²) in [6.07, 6.45) is 0.973. The lowest BCUT2D eigenvalue weighted by Gasteiger charge is -2.26. The third-order valence-corrected chi connectivity index (χ3v) is 3.60. The van der Waals surface area contributed by atoms with Crippen molar-refractivity contribution in [3.63, 3.8) is 0 Å². The summed E-state index contributed by atoms with van der Waals surface area (Å²) in [4.78, 5) is 14.2. The van der Waals surface area contributed by atoms with Crippen LogP contribution >= 0.6 is 31.9 Å². The average Bonchev–Trinajstić information content (AvgIpc) is 2.29. The van der Waals surface area contributed by atoms with Crippen LogP contribution in [0.5, 0.6) is 0 Å². The second kappa shape index (κ2) is 7.17. The second-order valence-electron chi connectivity index (χ2n) is 4.14. The zero-order valence-electron chi connectivity index (χ0n) is 10.1. The molecule has 0 fully saturated rings. The first-order valence-corrected chi connectivity index (χ1v) is 7.60. The molecule has 0 saturated carbocycles. The van der Waals surface area contributed by atoms with Crippen molar-refractivity contribution in [3.05, 3.63) is 34.3 Å². The molecule has 0 atom stereocenters. The summed E-state index contributed by atoms with van der Waals surface area (Å²) in [7, 11) is 0. The molecule has 1 amide bonds. The molecule has 17 heavy (non-hydrogen) atoms. The number of carbonyl (C=O) groups is 1. The Morgan fingerprint density at radius 3 is 2.35 bits per heavy atom. The van der Waals surface area contributed by atoms with Crippen molar-refractivity contribution in [2.24, 2.45) is 0 Å². The lowest BCUT2D eigenvalue weighted by Crippen LogP contribution is -2.37. The number of nitrogens with zero attached hydrogens (tertiary/aromatic N) is 1. The Morgan fingerprint density at radius 2 is 1.88 bits per heavy atom. The summed E-state index contributed by atoms with van der Waals surface area (Å²) in [5.41, 5.74) is 0.747. The molecule has 0 saturated heterocycles. The number of halogens is 2. The fraction of sp³-hybridized carbons (Fsp3) is 0.462. The van der Waals surface area contributed by atoms with Crippen LogP contribution in [0.1, 0.15) is 30.6 Å². The van der Waals surface area contributed by atoms with Crippen molar-refractivity contribution in [2.45, 2.75) is 26.3 Å². The fourth-order valence-corrected chi connectivity index (χ4v) is 2.10. The van der Waals surface area contributed by atoms with Crippen LogP contribution in [0, 0.1) is 0 Å². The molecule has 1 rings (SSSR count). The zero-order chi connectivity index (χ0) is 12.8. The van der Waals surface area contributed by atoms with Gasteiger partial charge in [-0.15, -0.1) is 0 Å². The third kappa shape index (κ3) is 4.43. The van der Waals surface area contributed by atoms with Gasteiger partial charge in [-0.25, -0.2) is 0 Å². The van der Waals surface area contributed by atoms with Crippen molar-refractivity contribution in [1.29, 1.82) is 0 Å². The Morgan fingerprint density at radius 1 is 1.29 bits per heavy atom. The molecule has 0 aliphatic carbocycles. The van der Waals surface area contributed by atoms with Gasteiger partial charge in [0.2, 0.25) is 0 Å². The van der Waals surface area contributed by atoms with Gasteiger partial charge in [-0.1, -0.05) is 31.9 Å². The Bertz CT molecular complexity index is 362. The van der Waals surface area contributed by atoms with Gasteiger partial charge in [0.25, 0.3) is 5.91 Å². The van der Waals surface area contributed by atoms with E-state index in [2.05, 4.69) is 31.9 Å². The van der Waals surface area contributed by atoms with Crippen LogP contribution in [0.3, 0.4) is 0 Å². The minimum atomic E-state index is 0.105. The minimum absolute atomic E-state index is 0.105. The standard InChI is InChI=1S/C13H17Br2NO/c1-10(2)16(9-3-8-14)13(17)11-4-6-12(15)7-5-11/h4-7,10H,3,8-9H2,1-2H3. The van der Waals surface area contributed by atoms with E-state index in [1.807, 2.05) is 43.0 Å². The van der Waals surface area contributed by atoms with Crippen LogP contribution in [-0.2, 0) is 0 Å². The number of alkyl halides is 1. The molecular formula is C13H17Br2NO. The third-order valence-electron chi connectivity index (χ3n) is 2.51. The van der Waals surface area contributed by atoms with E-state index in [4.69, 9.17) is 0 Å². The minimum Gasteiger partial charge on any atom is -0.336 e. The fourth-order valence-electron chi connectivity index (χ4n) is 1.58. The number of rotatable bonds is 5. The van der Waals surface area contributed by atoms with E-state index in [9.17, 15) is 4.79 Å². The Labute approximate surface area is 120 Å². The molecule has 0 spiro atoms. The van der Waals surface area contributed by atoms with Gasteiger partial charge < -0.3 is 4.90 Å². The van der Waals surface area contributed by atoms with E-state index in [1.54, 1.807) is 0 Å². The highest BCUT2D eigenvalue weighted by atomic mass is 79.9. The number of hydrogen-bond acceptors (Lipinski definition) is 1. The molecule has 1 aromatic carbocycles.